The van der Waals surface area contributed by atoms with Crippen LogP contribution < -0.4 is 5.32 Å². The van der Waals surface area contributed by atoms with Gasteiger partial charge < -0.3 is 15.1 Å². The molecule has 166 valence electrons. The van der Waals surface area contributed by atoms with Crippen molar-refractivity contribution in [2.45, 2.75) is 27.2 Å². The number of rotatable bonds is 5. The Hall–Kier alpha value is -2.13. The zero-order valence-electron chi connectivity index (χ0n) is 18.0. The summed E-state index contributed by atoms with van der Waals surface area (Å²) in [4.78, 5) is 28.9. The van der Waals surface area contributed by atoms with Crippen LogP contribution in [0.15, 0.2) is 30.3 Å². The van der Waals surface area contributed by atoms with Crippen molar-refractivity contribution in [1.82, 2.24) is 14.1 Å². The van der Waals surface area contributed by atoms with E-state index in [9.17, 15) is 18.0 Å². The molecule has 8 nitrogen and oxygen atoms in total. The van der Waals surface area contributed by atoms with Crippen LogP contribution in [0.4, 0.5) is 10.5 Å². The summed E-state index contributed by atoms with van der Waals surface area (Å²) >= 11 is 0. The SMILES string of the molecule is CCN1C[C@]2(CC1=O)CN(C(=O)Nc1ccccc1)CCN(S(=O)(=O)CC(C)C)C2. The summed E-state index contributed by atoms with van der Waals surface area (Å²) < 4.78 is 27.5. The first-order chi connectivity index (χ1) is 14.1. The van der Waals surface area contributed by atoms with Gasteiger partial charge in [-0.2, -0.15) is 4.31 Å². The molecule has 9 heteroatoms. The van der Waals surface area contributed by atoms with Crippen LogP contribution in [0, 0.1) is 11.3 Å². The van der Waals surface area contributed by atoms with Crippen LogP contribution in [0.25, 0.3) is 0 Å². The molecule has 2 aliphatic heterocycles. The quantitative estimate of drug-likeness (QED) is 0.765. The van der Waals surface area contributed by atoms with Gasteiger partial charge in [0.15, 0.2) is 0 Å². The first-order valence-corrected chi connectivity index (χ1v) is 12.1. The van der Waals surface area contributed by atoms with E-state index in [2.05, 4.69) is 5.32 Å². The van der Waals surface area contributed by atoms with E-state index in [4.69, 9.17) is 0 Å². The minimum absolute atomic E-state index is 0.00374. The van der Waals surface area contributed by atoms with Crippen molar-refractivity contribution in [3.63, 3.8) is 0 Å². The molecule has 0 saturated carbocycles. The van der Waals surface area contributed by atoms with Gasteiger partial charge in [-0.05, 0) is 25.0 Å². The van der Waals surface area contributed by atoms with Gasteiger partial charge in [0.25, 0.3) is 0 Å². The van der Waals surface area contributed by atoms with Crippen LogP contribution in [0.1, 0.15) is 27.2 Å². The summed E-state index contributed by atoms with van der Waals surface area (Å²) in [6.45, 7) is 7.85. The minimum atomic E-state index is -3.47. The summed E-state index contributed by atoms with van der Waals surface area (Å²) in [5.41, 5.74) is 0.0876. The smallest absolute Gasteiger partial charge is 0.321 e. The van der Waals surface area contributed by atoms with Crippen molar-refractivity contribution in [3.8, 4) is 0 Å². The Bertz CT molecular complexity index is 874. The average molecular weight is 437 g/mol. The molecule has 2 fully saturated rings. The van der Waals surface area contributed by atoms with Gasteiger partial charge in [-0.15, -0.1) is 0 Å². The lowest BCUT2D eigenvalue weighted by molar-refractivity contribution is -0.127. The van der Waals surface area contributed by atoms with Gasteiger partial charge in [-0.1, -0.05) is 32.0 Å². The number of anilines is 1. The zero-order chi connectivity index (χ0) is 21.9. The fraction of sp³-hybridized carbons (Fsp3) is 0.619. The molecule has 1 aromatic carbocycles. The monoisotopic (exact) mass is 436 g/mol. The number of sulfonamides is 1. The van der Waals surface area contributed by atoms with E-state index in [0.717, 1.165) is 0 Å². The van der Waals surface area contributed by atoms with Gasteiger partial charge in [0.05, 0.1) is 5.75 Å². The van der Waals surface area contributed by atoms with E-state index in [1.165, 1.54) is 4.31 Å². The number of amides is 3. The summed E-state index contributed by atoms with van der Waals surface area (Å²) in [7, 11) is -3.47. The predicted molar refractivity (Wildman–Crippen MR) is 117 cm³/mol. The Labute approximate surface area is 179 Å². The van der Waals surface area contributed by atoms with Crippen molar-refractivity contribution in [2.75, 3.05) is 50.3 Å². The van der Waals surface area contributed by atoms with Crippen molar-refractivity contribution in [1.29, 1.82) is 0 Å². The van der Waals surface area contributed by atoms with Gasteiger partial charge >= 0.3 is 6.03 Å². The highest BCUT2D eigenvalue weighted by molar-refractivity contribution is 7.89. The Morgan fingerprint density at radius 2 is 1.83 bits per heavy atom. The van der Waals surface area contributed by atoms with Crippen molar-refractivity contribution < 1.29 is 18.0 Å². The second-order valence-corrected chi connectivity index (χ2v) is 10.8. The topological polar surface area (TPSA) is 90.0 Å². The number of para-hydroxylation sites is 1. The highest BCUT2D eigenvalue weighted by atomic mass is 32.2. The van der Waals surface area contributed by atoms with E-state index in [0.29, 0.717) is 25.3 Å². The molecule has 0 bridgehead atoms. The predicted octanol–water partition coefficient (Wildman–Crippen LogP) is 2.06. The Morgan fingerprint density at radius 1 is 1.13 bits per heavy atom. The van der Waals surface area contributed by atoms with E-state index < -0.39 is 15.4 Å². The van der Waals surface area contributed by atoms with Crippen molar-refractivity contribution >= 4 is 27.6 Å². The third kappa shape index (κ3) is 5.13. The maximum atomic E-state index is 13.0. The van der Waals surface area contributed by atoms with E-state index in [1.807, 2.05) is 51.1 Å². The maximum Gasteiger partial charge on any atom is 0.321 e. The Kier molecular flexibility index (Phi) is 6.71. The summed E-state index contributed by atoms with van der Waals surface area (Å²) in [5, 5.41) is 2.89. The third-order valence-electron chi connectivity index (χ3n) is 5.69. The first-order valence-electron chi connectivity index (χ1n) is 10.5. The third-order valence-corrected chi connectivity index (χ3v) is 7.88. The summed E-state index contributed by atoms with van der Waals surface area (Å²) in [6.07, 6.45) is 0.254. The number of likely N-dealkylation sites (tertiary alicyclic amines) is 1. The van der Waals surface area contributed by atoms with Crippen LogP contribution in [0.3, 0.4) is 0 Å². The lowest BCUT2D eigenvalue weighted by atomic mass is 9.86. The molecule has 3 amide bonds. The molecular weight excluding hydrogens is 404 g/mol. The van der Waals surface area contributed by atoms with Gasteiger partial charge in [-0.25, -0.2) is 13.2 Å². The Morgan fingerprint density at radius 3 is 2.43 bits per heavy atom. The first kappa shape index (κ1) is 22.6. The van der Waals surface area contributed by atoms with Crippen LogP contribution in [0.2, 0.25) is 0 Å². The molecule has 0 aliphatic carbocycles. The number of nitrogens with one attached hydrogen (secondary N) is 1. The Balaban J connectivity index is 1.86. The molecule has 3 rings (SSSR count). The fourth-order valence-electron chi connectivity index (χ4n) is 4.36. The lowest BCUT2D eigenvalue weighted by Gasteiger charge is -2.33. The van der Waals surface area contributed by atoms with Crippen LogP contribution in [0.5, 0.6) is 0 Å². The van der Waals surface area contributed by atoms with Crippen LogP contribution in [-0.2, 0) is 14.8 Å². The molecule has 1 atom stereocenters. The van der Waals surface area contributed by atoms with Gasteiger partial charge in [0.1, 0.15) is 0 Å². The highest BCUT2D eigenvalue weighted by Gasteiger charge is 2.48. The summed E-state index contributed by atoms with van der Waals surface area (Å²) in [6, 6.07) is 8.90. The minimum Gasteiger partial charge on any atom is -0.342 e. The van der Waals surface area contributed by atoms with E-state index >= 15 is 0 Å². The van der Waals surface area contributed by atoms with Crippen molar-refractivity contribution in [3.05, 3.63) is 30.3 Å². The number of hydrogen-bond donors (Lipinski definition) is 1. The molecule has 2 aliphatic rings. The molecule has 1 N–H and O–H groups in total. The van der Waals surface area contributed by atoms with Crippen molar-refractivity contribution in [2.24, 2.45) is 11.3 Å². The number of carbonyl (C=O) groups excluding carboxylic acids is 2. The molecule has 0 aromatic heterocycles. The molecule has 2 saturated heterocycles. The number of carbonyl (C=O) groups is 2. The number of benzene rings is 1. The normalized spacial score (nSPS) is 23.3. The molecule has 30 heavy (non-hydrogen) atoms. The van der Waals surface area contributed by atoms with E-state index in [-0.39, 0.29) is 49.7 Å². The maximum absolute atomic E-state index is 13.0. The van der Waals surface area contributed by atoms with Crippen LogP contribution in [-0.4, -0.2) is 79.5 Å². The van der Waals surface area contributed by atoms with E-state index in [1.54, 1.807) is 9.80 Å². The van der Waals surface area contributed by atoms with Gasteiger partial charge in [-0.3, -0.25) is 4.79 Å². The molecule has 1 aromatic rings. The van der Waals surface area contributed by atoms with Crippen LogP contribution >= 0.6 is 0 Å². The number of nitrogens with zero attached hydrogens (tertiary/aromatic N) is 3. The molecule has 0 radical (unpaired) electrons. The second-order valence-electron chi connectivity index (χ2n) is 8.81. The summed E-state index contributed by atoms with van der Waals surface area (Å²) in [5.74, 6) is 0.0816. The molecule has 0 unspecified atom stereocenters. The number of hydrogen-bond acceptors (Lipinski definition) is 4. The molecule has 2 heterocycles. The average Bonchev–Trinajstić information content (AvgIpc) is 2.85. The molecular formula is C21H32N4O4S. The zero-order valence-corrected chi connectivity index (χ0v) is 18.8. The lowest BCUT2D eigenvalue weighted by Crippen LogP contribution is -2.46. The standard InChI is InChI=1S/C21H32N4O4S/c1-4-23-14-21(12-19(23)26)15-24(20(27)22-18-8-6-5-7-9-18)10-11-25(16-21)30(28,29)13-17(2)3/h5-9,17H,4,10-16H2,1-3H3,(H,22,27)/t21-/m1/s1. The highest BCUT2D eigenvalue weighted by Crippen LogP contribution is 2.36. The largest absolute Gasteiger partial charge is 0.342 e. The van der Waals surface area contributed by atoms with Gasteiger partial charge in [0.2, 0.25) is 15.9 Å². The fourth-order valence-corrected chi connectivity index (χ4v) is 6.25. The second kappa shape index (κ2) is 8.93. The number of urea groups is 1. The van der Waals surface area contributed by atoms with Gasteiger partial charge in [0, 0.05) is 56.8 Å². The molecule has 1 spiro atoms.